The average Bonchev–Trinajstić information content (AvgIpc) is 3.87. The van der Waals surface area contributed by atoms with E-state index in [4.69, 9.17) is 0 Å². The third-order valence-corrected chi connectivity index (χ3v) is 17.0. The molecule has 0 bridgehead atoms. The van der Waals surface area contributed by atoms with E-state index in [9.17, 15) is 0 Å². The van der Waals surface area contributed by atoms with Gasteiger partial charge in [-0.1, -0.05) is 186 Å². The van der Waals surface area contributed by atoms with Gasteiger partial charge in [0.05, 0.1) is 16.8 Å². The van der Waals surface area contributed by atoms with E-state index in [1.54, 1.807) is 0 Å². The SMILES string of the molecule is CC(C)(C)c1cc2c3c(c1)N(c1ccccc1)c1cc4c(cc1B3c1ccccc1N2c1ccccc1)-c1ccccc1C41c2ccccc2-c2ccc(N3c4ccccc4C(C)(C)c4ccccc43)cc21. The van der Waals surface area contributed by atoms with Gasteiger partial charge < -0.3 is 14.7 Å². The summed E-state index contributed by atoms with van der Waals surface area (Å²) in [5.74, 6) is 0. The summed E-state index contributed by atoms with van der Waals surface area (Å²) in [5, 5.41) is 0. The van der Waals surface area contributed by atoms with Crippen molar-refractivity contribution in [3.63, 3.8) is 0 Å². The molecule has 1 atom stereocenters. The van der Waals surface area contributed by atoms with E-state index in [2.05, 4.69) is 274 Å². The minimum atomic E-state index is -0.591. The minimum Gasteiger partial charge on any atom is -0.311 e. The zero-order valence-electron chi connectivity index (χ0n) is 41.3. The Morgan fingerprint density at radius 1 is 0.333 bits per heavy atom. The lowest BCUT2D eigenvalue weighted by Crippen LogP contribution is -2.61. The van der Waals surface area contributed by atoms with E-state index in [0.29, 0.717) is 0 Å². The van der Waals surface area contributed by atoms with Gasteiger partial charge in [-0.05, 0) is 156 Å². The van der Waals surface area contributed by atoms with Gasteiger partial charge in [-0.2, -0.15) is 0 Å². The van der Waals surface area contributed by atoms with Crippen molar-refractivity contribution in [2.75, 3.05) is 14.7 Å². The number of hydrogen-bond acceptors (Lipinski definition) is 3. The molecule has 2 aliphatic carbocycles. The first-order chi connectivity index (χ1) is 35.1. The monoisotopic (exact) mass is 921 g/mol. The van der Waals surface area contributed by atoms with Crippen molar-refractivity contribution in [3.8, 4) is 22.3 Å². The summed E-state index contributed by atoms with van der Waals surface area (Å²) in [5.41, 5.74) is 28.5. The van der Waals surface area contributed by atoms with Crippen molar-refractivity contribution in [1.82, 2.24) is 0 Å². The second kappa shape index (κ2) is 14.6. The lowest BCUT2D eigenvalue weighted by molar-refractivity contribution is 0.590. The number of nitrogens with zero attached hydrogens (tertiary/aromatic N) is 3. The van der Waals surface area contributed by atoms with Gasteiger partial charge in [-0.25, -0.2) is 0 Å². The van der Waals surface area contributed by atoms with Crippen molar-refractivity contribution in [3.05, 3.63) is 263 Å². The predicted molar refractivity (Wildman–Crippen MR) is 302 cm³/mol. The van der Waals surface area contributed by atoms with Gasteiger partial charge in [0.25, 0.3) is 6.71 Å². The summed E-state index contributed by atoms with van der Waals surface area (Å²) in [7, 11) is 0. The quantitative estimate of drug-likeness (QED) is 0.164. The third-order valence-electron chi connectivity index (χ3n) is 17.0. The molecular formula is C68H52BN3. The molecule has 3 aliphatic heterocycles. The Morgan fingerprint density at radius 2 is 0.792 bits per heavy atom. The van der Waals surface area contributed by atoms with Crippen molar-refractivity contribution < 1.29 is 0 Å². The van der Waals surface area contributed by atoms with Crippen LogP contribution in [-0.4, -0.2) is 6.71 Å². The highest BCUT2D eigenvalue weighted by atomic mass is 15.2. The van der Waals surface area contributed by atoms with Gasteiger partial charge in [0, 0.05) is 45.2 Å². The number of para-hydroxylation sites is 5. The van der Waals surface area contributed by atoms with E-state index in [1.807, 2.05) is 0 Å². The molecule has 72 heavy (non-hydrogen) atoms. The fourth-order valence-electron chi connectivity index (χ4n) is 13.8. The molecule has 4 heteroatoms. The molecule has 0 N–H and O–H groups in total. The average molecular weight is 922 g/mol. The van der Waals surface area contributed by atoms with E-state index >= 15 is 0 Å². The third kappa shape index (κ3) is 5.37. The second-order valence-corrected chi connectivity index (χ2v) is 22.0. The molecule has 15 rings (SSSR count). The molecule has 0 fully saturated rings. The van der Waals surface area contributed by atoms with Crippen LogP contribution in [0.3, 0.4) is 0 Å². The molecule has 1 unspecified atom stereocenters. The molecular weight excluding hydrogens is 870 g/mol. The van der Waals surface area contributed by atoms with Crippen molar-refractivity contribution in [1.29, 1.82) is 0 Å². The summed E-state index contributed by atoms with van der Waals surface area (Å²) in [6.45, 7) is 11.8. The topological polar surface area (TPSA) is 9.72 Å². The predicted octanol–water partition coefficient (Wildman–Crippen LogP) is 15.5. The van der Waals surface area contributed by atoms with Gasteiger partial charge >= 0.3 is 0 Å². The van der Waals surface area contributed by atoms with Gasteiger partial charge in [0.15, 0.2) is 0 Å². The van der Waals surface area contributed by atoms with Crippen LogP contribution in [0, 0.1) is 0 Å². The largest absolute Gasteiger partial charge is 0.311 e. The van der Waals surface area contributed by atoms with Crippen molar-refractivity contribution in [2.45, 2.75) is 50.9 Å². The first-order valence-electron chi connectivity index (χ1n) is 25.6. The molecule has 0 saturated heterocycles. The highest BCUT2D eigenvalue weighted by Gasteiger charge is 2.54. The summed E-state index contributed by atoms with van der Waals surface area (Å²) in [6.07, 6.45) is 0. The maximum absolute atomic E-state index is 2.63. The fraction of sp³-hybridized carbons (Fsp3) is 0.118. The normalized spacial score (nSPS) is 16.7. The molecule has 10 aromatic rings. The number of benzene rings is 10. The van der Waals surface area contributed by atoms with Crippen molar-refractivity contribution in [2.24, 2.45) is 0 Å². The van der Waals surface area contributed by atoms with Gasteiger partial charge in [-0.15, -0.1) is 0 Å². The first kappa shape index (κ1) is 41.4. The van der Waals surface area contributed by atoms with E-state index < -0.39 is 5.41 Å². The van der Waals surface area contributed by atoms with Crippen LogP contribution in [0.15, 0.2) is 224 Å². The van der Waals surface area contributed by atoms with Crippen LogP contribution in [0.5, 0.6) is 0 Å². The molecule has 342 valence electrons. The number of hydrogen-bond donors (Lipinski definition) is 0. The molecule has 5 aliphatic rings. The Hall–Kier alpha value is -8.34. The molecule has 0 saturated carbocycles. The second-order valence-electron chi connectivity index (χ2n) is 22.0. The summed E-state index contributed by atoms with van der Waals surface area (Å²) < 4.78 is 0. The fourth-order valence-corrected chi connectivity index (χ4v) is 13.8. The standard InChI is InChI=1S/C68H52BN3/c1-66(2,3)43-38-63-65-64(39-43)71(45-24-10-7-11-25-45)62-42-56-50(41-58(62)69(65)57-32-18-21-35-61(57)70(63)44-22-8-6-9-23-44)48-27-13-15-29-52(48)68(56)51-28-14-12-26-47(51)49-37-36-46(40-55(49)68)72-59-33-19-16-30-53(59)67(4,5)54-31-17-20-34-60(54)72/h6-42H,1-5H3. The van der Waals surface area contributed by atoms with Crippen LogP contribution in [-0.2, 0) is 16.2 Å². The highest BCUT2D eigenvalue weighted by molar-refractivity contribution is 7.00. The lowest BCUT2D eigenvalue weighted by Gasteiger charge is -2.45. The van der Waals surface area contributed by atoms with Gasteiger partial charge in [0.1, 0.15) is 0 Å². The maximum Gasteiger partial charge on any atom is 0.252 e. The summed E-state index contributed by atoms with van der Waals surface area (Å²) in [6, 6.07) is 85.5. The summed E-state index contributed by atoms with van der Waals surface area (Å²) in [4.78, 5) is 7.66. The Bertz CT molecular complexity index is 3870. The number of rotatable bonds is 3. The Labute approximate surface area is 423 Å². The van der Waals surface area contributed by atoms with E-state index in [0.717, 1.165) is 11.4 Å². The van der Waals surface area contributed by atoms with Crippen LogP contribution >= 0.6 is 0 Å². The van der Waals surface area contributed by atoms with Crippen LogP contribution in [0.4, 0.5) is 51.2 Å². The summed E-state index contributed by atoms with van der Waals surface area (Å²) >= 11 is 0. The Morgan fingerprint density at radius 3 is 1.39 bits per heavy atom. The van der Waals surface area contributed by atoms with Crippen LogP contribution in [0.2, 0.25) is 0 Å². The number of anilines is 9. The molecule has 3 nitrogen and oxygen atoms in total. The zero-order chi connectivity index (χ0) is 48.3. The minimum absolute atomic E-state index is 0.0117. The highest BCUT2D eigenvalue weighted by Crippen LogP contribution is 2.65. The van der Waals surface area contributed by atoms with Gasteiger partial charge in [-0.3, -0.25) is 0 Å². The molecule has 0 radical (unpaired) electrons. The van der Waals surface area contributed by atoms with Crippen LogP contribution < -0.4 is 31.1 Å². The molecule has 1 spiro atoms. The molecule has 0 amide bonds. The van der Waals surface area contributed by atoms with Gasteiger partial charge in [0.2, 0.25) is 0 Å². The van der Waals surface area contributed by atoms with Crippen LogP contribution in [0.1, 0.15) is 73.6 Å². The van der Waals surface area contributed by atoms with Crippen LogP contribution in [0.25, 0.3) is 22.3 Å². The zero-order valence-corrected chi connectivity index (χ0v) is 41.3. The lowest BCUT2D eigenvalue weighted by atomic mass is 9.33. The molecule has 10 aromatic carbocycles. The Balaban J connectivity index is 1.04. The van der Waals surface area contributed by atoms with E-state index in [-0.39, 0.29) is 17.5 Å². The van der Waals surface area contributed by atoms with E-state index in [1.165, 1.54) is 117 Å². The smallest absolute Gasteiger partial charge is 0.252 e. The number of fused-ring (bicyclic) bond motifs is 16. The Kier molecular flexibility index (Phi) is 8.42. The molecule has 0 aromatic heterocycles. The molecule has 3 heterocycles. The maximum atomic E-state index is 2.63. The van der Waals surface area contributed by atoms with Crippen molar-refractivity contribution >= 4 is 74.3 Å². The first-order valence-corrected chi connectivity index (χ1v) is 25.6.